The van der Waals surface area contributed by atoms with E-state index in [4.69, 9.17) is 9.36 Å². The van der Waals surface area contributed by atoms with Crippen LogP contribution < -0.4 is 0 Å². The van der Waals surface area contributed by atoms with E-state index in [2.05, 4.69) is 25.6 Å². The Balaban J connectivity index is 1.44. The Labute approximate surface area is 128 Å². The predicted octanol–water partition coefficient (Wildman–Crippen LogP) is 1.20. The number of rotatable bonds is 3. The zero-order chi connectivity index (χ0) is 14.9. The van der Waals surface area contributed by atoms with Crippen LogP contribution >= 0.6 is 0 Å². The number of hydroxylamine groups is 2. The summed E-state index contributed by atoms with van der Waals surface area (Å²) >= 11 is 0. The molecular weight excluding hydrogens is 284 g/mol. The molecule has 0 bridgehead atoms. The van der Waals surface area contributed by atoms with Crippen LogP contribution in [0.15, 0.2) is 4.52 Å². The highest BCUT2D eigenvalue weighted by atomic mass is 16.7. The zero-order valence-corrected chi connectivity index (χ0v) is 12.7. The normalized spacial score (nSPS) is 23.6. The van der Waals surface area contributed by atoms with Gasteiger partial charge in [0.05, 0.1) is 18.5 Å². The molecule has 1 atom stereocenters. The fraction of sp³-hybridized carbons (Fsp3) is 0.714. The number of piperidine rings is 1. The quantitative estimate of drug-likeness (QED) is 0.910. The fourth-order valence-corrected chi connectivity index (χ4v) is 3.37. The molecule has 1 N–H and O–H groups in total. The van der Waals surface area contributed by atoms with Gasteiger partial charge in [0.1, 0.15) is 0 Å². The number of aromatic amines is 1. The Morgan fingerprint density at radius 3 is 2.77 bits per heavy atom. The third kappa shape index (κ3) is 2.52. The molecule has 0 amide bonds. The molecule has 0 aromatic carbocycles. The maximum Gasteiger partial charge on any atom is 0.230 e. The fourth-order valence-electron chi connectivity index (χ4n) is 3.37. The summed E-state index contributed by atoms with van der Waals surface area (Å²) < 4.78 is 5.54. The highest BCUT2D eigenvalue weighted by molar-refractivity contribution is 5.17. The molecule has 2 aromatic rings. The number of nitrogens with one attached hydrogen (secondary N) is 1. The first-order valence-electron chi connectivity index (χ1n) is 7.84. The third-order valence-electron chi connectivity index (χ3n) is 4.76. The lowest BCUT2D eigenvalue weighted by molar-refractivity contribution is -0.144. The second-order valence-corrected chi connectivity index (χ2v) is 6.03. The molecule has 8 heteroatoms. The van der Waals surface area contributed by atoms with Crippen LogP contribution in [0.5, 0.6) is 0 Å². The smallest absolute Gasteiger partial charge is 0.230 e. The van der Waals surface area contributed by atoms with Crippen molar-refractivity contribution in [2.24, 2.45) is 0 Å². The molecule has 0 spiro atoms. The van der Waals surface area contributed by atoms with Gasteiger partial charge in [-0.25, -0.2) is 0 Å². The maximum atomic E-state index is 5.54. The Morgan fingerprint density at radius 1 is 1.14 bits per heavy atom. The number of H-pyrrole nitrogens is 1. The van der Waals surface area contributed by atoms with Gasteiger partial charge in [-0.2, -0.15) is 25.5 Å². The van der Waals surface area contributed by atoms with E-state index in [1.54, 1.807) is 7.11 Å². The molecule has 22 heavy (non-hydrogen) atoms. The Kier molecular flexibility index (Phi) is 3.63. The minimum absolute atomic E-state index is 0.262. The summed E-state index contributed by atoms with van der Waals surface area (Å²) in [5, 5.41) is 17.3. The summed E-state index contributed by atoms with van der Waals surface area (Å²) in [6.45, 7) is 1.83. The van der Waals surface area contributed by atoms with E-state index < -0.39 is 0 Å². The average Bonchev–Trinajstić information content (AvgIpc) is 3.23. The van der Waals surface area contributed by atoms with Gasteiger partial charge < -0.3 is 9.36 Å². The van der Waals surface area contributed by atoms with Crippen molar-refractivity contribution in [1.82, 2.24) is 30.6 Å². The molecule has 1 aliphatic carbocycles. The van der Waals surface area contributed by atoms with E-state index in [0.717, 1.165) is 68.3 Å². The van der Waals surface area contributed by atoms with Gasteiger partial charge in [0.15, 0.2) is 5.82 Å². The summed E-state index contributed by atoms with van der Waals surface area (Å²) in [5.41, 5.74) is 2.10. The molecule has 4 rings (SSSR count). The SMILES string of the molecule is CON1CCC(c2noc(C3CCc4n[nH]nc4C3)n2)CC1. The number of aryl methyl sites for hydroxylation is 1. The summed E-state index contributed by atoms with van der Waals surface area (Å²) in [6, 6.07) is 0. The molecule has 1 saturated heterocycles. The Morgan fingerprint density at radius 2 is 1.95 bits per heavy atom. The first-order valence-corrected chi connectivity index (χ1v) is 7.84. The zero-order valence-electron chi connectivity index (χ0n) is 12.7. The summed E-state index contributed by atoms with van der Waals surface area (Å²) in [7, 11) is 1.72. The van der Waals surface area contributed by atoms with Crippen LogP contribution in [0.1, 0.15) is 54.2 Å². The highest BCUT2D eigenvalue weighted by Gasteiger charge is 2.30. The van der Waals surface area contributed by atoms with Crippen molar-refractivity contribution in [3.8, 4) is 0 Å². The van der Waals surface area contributed by atoms with E-state index >= 15 is 0 Å². The van der Waals surface area contributed by atoms with E-state index in [9.17, 15) is 0 Å². The van der Waals surface area contributed by atoms with Crippen LogP contribution in [0, 0.1) is 0 Å². The average molecular weight is 304 g/mol. The van der Waals surface area contributed by atoms with Crippen LogP contribution in [0.4, 0.5) is 0 Å². The minimum atomic E-state index is 0.262. The molecule has 2 aromatic heterocycles. The number of fused-ring (bicyclic) bond motifs is 1. The first-order chi connectivity index (χ1) is 10.8. The molecule has 0 radical (unpaired) electrons. The number of hydrogen-bond donors (Lipinski definition) is 1. The van der Waals surface area contributed by atoms with Crippen molar-refractivity contribution < 1.29 is 9.36 Å². The van der Waals surface area contributed by atoms with Crippen molar-refractivity contribution >= 4 is 0 Å². The van der Waals surface area contributed by atoms with Gasteiger partial charge >= 0.3 is 0 Å². The van der Waals surface area contributed by atoms with Crippen LogP contribution in [0.25, 0.3) is 0 Å². The lowest BCUT2D eigenvalue weighted by atomic mass is 9.89. The van der Waals surface area contributed by atoms with E-state index in [-0.39, 0.29) is 5.92 Å². The lowest BCUT2D eigenvalue weighted by Gasteiger charge is -2.28. The van der Waals surface area contributed by atoms with Gasteiger partial charge in [0.25, 0.3) is 0 Å². The van der Waals surface area contributed by atoms with Gasteiger partial charge in [0, 0.05) is 31.3 Å². The van der Waals surface area contributed by atoms with Crippen molar-refractivity contribution in [2.75, 3.05) is 20.2 Å². The minimum Gasteiger partial charge on any atom is -0.339 e. The maximum absolute atomic E-state index is 5.54. The van der Waals surface area contributed by atoms with Crippen LogP contribution in [0.2, 0.25) is 0 Å². The molecule has 0 saturated carbocycles. The Bertz CT molecular complexity index is 631. The van der Waals surface area contributed by atoms with Gasteiger partial charge in [-0.1, -0.05) is 5.16 Å². The van der Waals surface area contributed by atoms with Gasteiger partial charge in [-0.3, -0.25) is 0 Å². The molecule has 2 aliphatic rings. The molecular formula is C14H20N6O2. The molecule has 1 unspecified atom stereocenters. The molecule has 8 nitrogen and oxygen atoms in total. The summed E-state index contributed by atoms with van der Waals surface area (Å²) in [6.07, 6.45) is 4.75. The second kappa shape index (κ2) is 5.77. The highest BCUT2D eigenvalue weighted by Crippen LogP contribution is 2.32. The van der Waals surface area contributed by atoms with E-state index in [0.29, 0.717) is 5.92 Å². The number of hydrogen-bond acceptors (Lipinski definition) is 7. The van der Waals surface area contributed by atoms with Crippen molar-refractivity contribution in [3.05, 3.63) is 23.1 Å². The van der Waals surface area contributed by atoms with E-state index in [1.807, 2.05) is 5.06 Å². The van der Waals surface area contributed by atoms with Crippen molar-refractivity contribution in [2.45, 2.75) is 43.9 Å². The van der Waals surface area contributed by atoms with Gasteiger partial charge in [0.2, 0.25) is 5.89 Å². The van der Waals surface area contributed by atoms with Crippen LogP contribution in [-0.4, -0.2) is 50.8 Å². The first kappa shape index (κ1) is 13.8. The molecule has 3 heterocycles. The summed E-state index contributed by atoms with van der Waals surface area (Å²) in [5.74, 6) is 2.22. The van der Waals surface area contributed by atoms with E-state index in [1.165, 1.54) is 0 Å². The summed E-state index contributed by atoms with van der Waals surface area (Å²) in [4.78, 5) is 9.92. The lowest BCUT2D eigenvalue weighted by Crippen LogP contribution is -2.32. The number of aromatic nitrogens is 5. The second-order valence-electron chi connectivity index (χ2n) is 6.03. The number of nitrogens with zero attached hydrogens (tertiary/aromatic N) is 5. The molecule has 1 fully saturated rings. The molecule has 118 valence electrons. The monoisotopic (exact) mass is 304 g/mol. The van der Waals surface area contributed by atoms with Gasteiger partial charge in [-0.05, 0) is 25.7 Å². The Hall–Kier alpha value is -1.80. The van der Waals surface area contributed by atoms with Gasteiger partial charge in [-0.15, -0.1) is 0 Å². The largest absolute Gasteiger partial charge is 0.339 e. The van der Waals surface area contributed by atoms with Crippen molar-refractivity contribution in [3.63, 3.8) is 0 Å². The van der Waals surface area contributed by atoms with Crippen molar-refractivity contribution in [1.29, 1.82) is 0 Å². The predicted molar refractivity (Wildman–Crippen MR) is 76.0 cm³/mol. The topological polar surface area (TPSA) is 93.0 Å². The standard InChI is InChI=1S/C14H20N6O2/c1-21-20-6-4-9(5-7-20)13-15-14(22-18-13)10-2-3-11-12(8-10)17-19-16-11/h9-10H,2-8H2,1H3,(H,16,17,19). The molecule has 1 aliphatic heterocycles. The van der Waals surface area contributed by atoms with Crippen LogP contribution in [-0.2, 0) is 17.7 Å². The van der Waals surface area contributed by atoms with Crippen LogP contribution in [0.3, 0.4) is 0 Å². The third-order valence-corrected chi connectivity index (χ3v) is 4.76.